The molecule has 0 radical (unpaired) electrons. The van der Waals surface area contributed by atoms with Crippen LogP contribution in [-0.4, -0.2) is 28.4 Å². The lowest BCUT2D eigenvalue weighted by molar-refractivity contribution is -0.122. The number of carbonyl (C=O) groups is 3. The van der Waals surface area contributed by atoms with E-state index in [0.717, 1.165) is 38.8 Å². The van der Waals surface area contributed by atoms with Gasteiger partial charge in [-0.15, -0.1) is 0 Å². The molecule has 3 rings (SSSR count). The van der Waals surface area contributed by atoms with E-state index in [1.165, 1.54) is 12.1 Å². The number of Topliss-reactive ketones (excluding diaryl/α,β-unsaturated/α-hetero) is 1. The van der Waals surface area contributed by atoms with Gasteiger partial charge >= 0.3 is 0 Å². The predicted octanol–water partition coefficient (Wildman–Crippen LogP) is 4.51. The standard InChI is InChI=1S/C18H11BrFNO3S/c19-13-3-1-2-11(8-13)9-16-17(23)21(18(24)25-16)10-15(22)12-4-6-14(20)7-5-12/h1-9H,10H2/b16-9+. The smallest absolute Gasteiger partial charge is 0.292 e. The average molecular weight is 420 g/mol. The van der Waals surface area contributed by atoms with Crippen LogP contribution >= 0.6 is 27.7 Å². The van der Waals surface area contributed by atoms with Gasteiger partial charge in [-0.25, -0.2) is 4.39 Å². The highest BCUT2D eigenvalue weighted by atomic mass is 79.9. The number of imide groups is 1. The summed E-state index contributed by atoms with van der Waals surface area (Å²) in [6.45, 7) is -0.369. The van der Waals surface area contributed by atoms with Gasteiger partial charge in [-0.1, -0.05) is 28.1 Å². The second-order valence-electron chi connectivity index (χ2n) is 5.25. The first-order valence-corrected chi connectivity index (χ1v) is 8.85. The minimum absolute atomic E-state index is 0.247. The van der Waals surface area contributed by atoms with Gasteiger partial charge in [0.25, 0.3) is 11.1 Å². The summed E-state index contributed by atoms with van der Waals surface area (Å²) in [5.41, 5.74) is 1.01. The number of rotatable bonds is 4. The maximum absolute atomic E-state index is 12.9. The van der Waals surface area contributed by atoms with Crippen LogP contribution in [0.25, 0.3) is 6.08 Å². The third kappa shape index (κ3) is 4.05. The fourth-order valence-electron chi connectivity index (χ4n) is 2.25. The Morgan fingerprint density at radius 2 is 1.88 bits per heavy atom. The Morgan fingerprint density at radius 1 is 1.16 bits per heavy atom. The fraction of sp³-hybridized carbons (Fsp3) is 0.0556. The van der Waals surface area contributed by atoms with Crippen molar-refractivity contribution in [2.45, 2.75) is 0 Å². The molecule has 1 heterocycles. The van der Waals surface area contributed by atoms with Gasteiger partial charge in [0.2, 0.25) is 0 Å². The molecule has 25 heavy (non-hydrogen) atoms. The van der Waals surface area contributed by atoms with Crippen LogP contribution in [0.5, 0.6) is 0 Å². The maximum Gasteiger partial charge on any atom is 0.293 e. The zero-order valence-electron chi connectivity index (χ0n) is 12.7. The number of hydrogen-bond acceptors (Lipinski definition) is 4. The van der Waals surface area contributed by atoms with Crippen LogP contribution < -0.4 is 0 Å². The fourth-order valence-corrected chi connectivity index (χ4v) is 3.51. The maximum atomic E-state index is 12.9. The summed E-state index contributed by atoms with van der Waals surface area (Å²) in [6, 6.07) is 12.3. The highest BCUT2D eigenvalue weighted by Crippen LogP contribution is 2.32. The van der Waals surface area contributed by atoms with Crippen molar-refractivity contribution in [3.05, 3.63) is 74.9 Å². The van der Waals surface area contributed by atoms with Crippen LogP contribution in [-0.2, 0) is 4.79 Å². The lowest BCUT2D eigenvalue weighted by atomic mass is 10.1. The molecule has 0 aromatic heterocycles. The van der Waals surface area contributed by atoms with Crippen molar-refractivity contribution in [3.63, 3.8) is 0 Å². The number of amides is 2. The molecule has 1 saturated heterocycles. The minimum atomic E-state index is -0.509. The zero-order valence-corrected chi connectivity index (χ0v) is 15.1. The van der Waals surface area contributed by atoms with E-state index in [4.69, 9.17) is 0 Å². The van der Waals surface area contributed by atoms with E-state index in [2.05, 4.69) is 15.9 Å². The molecular weight excluding hydrogens is 409 g/mol. The SMILES string of the molecule is O=C(CN1C(=O)S/C(=C/c2cccc(Br)c2)C1=O)c1ccc(F)cc1. The summed E-state index contributed by atoms with van der Waals surface area (Å²) >= 11 is 4.14. The van der Waals surface area contributed by atoms with E-state index >= 15 is 0 Å². The summed E-state index contributed by atoms with van der Waals surface area (Å²) in [4.78, 5) is 37.9. The van der Waals surface area contributed by atoms with E-state index in [-0.39, 0.29) is 17.0 Å². The largest absolute Gasteiger partial charge is 0.293 e. The van der Waals surface area contributed by atoms with Crippen molar-refractivity contribution in [1.82, 2.24) is 4.90 Å². The van der Waals surface area contributed by atoms with E-state index in [0.29, 0.717) is 0 Å². The van der Waals surface area contributed by atoms with Crippen LogP contribution in [0.15, 0.2) is 57.9 Å². The Hall–Kier alpha value is -2.25. The van der Waals surface area contributed by atoms with Crippen molar-refractivity contribution < 1.29 is 18.8 Å². The van der Waals surface area contributed by atoms with Crippen molar-refractivity contribution in [2.75, 3.05) is 6.54 Å². The van der Waals surface area contributed by atoms with Gasteiger partial charge in [0.05, 0.1) is 11.4 Å². The zero-order chi connectivity index (χ0) is 18.0. The number of benzene rings is 2. The number of hydrogen-bond donors (Lipinski definition) is 0. The quantitative estimate of drug-likeness (QED) is 0.540. The lowest BCUT2D eigenvalue weighted by Gasteiger charge is -2.11. The van der Waals surface area contributed by atoms with E-state index < -0.39 is 22.7 Å². The molecule has 0 aliphatic carbocycles. The molecule has 0 N–H and O–H groups in total. The minimum Gasteiger partial charge on any atom is -0.292 e. The average Bonchev–Trinajstić information content (AvgIpc) is 2.83. The summed E-state index contributed by atoms with van der Waals surface area (Å²) in [7, 11) is 0. The first-order chi connectivity index (χ1) is 11.9. The van der Waals surface area contributed by atoms with Gasteiger partial charge in [0.1, 0.15) is 5.82 Å². The molecule has 4 nitrogen and oxygen atoms in total. The predicted molar refractivity (Wildman–Crippen MR) is 97.5 cm³/mol. The molecule has 2 aromatic carbocycles. The number of carbonyl (C=O) groups excluding carboxylic acids is 3. The number of ketones is 1. The van der Waals surface area contributed by atoms with Crippen LogP contribution in [0.1, 0.15) is 15.9 Å². The normalized spacial score (nSPS) is 15.9. The second-order valence-corrected chi connectivity index (χ2v) is 7.16. The number of thioether (sulfide) groups is 1. The number of nitrogens with zero attached hydrogens (tertiary/aromatic N) is 1. The molecule has 0 unspecified atom stereocenters. The van der Waals surface area contributed by atoms with Crippen LogP contribution in [0.3, 0.4) is 0 Å². The monoisotopic (exact) mass is 419 g/mol. The molecule has 1 aliphatic heterocycles. The van der Waals surface area contributed by atoms with Crippen LogP contribution in [0, 0.1) is 5.82 Å². The van der Waals surface area contributed by atoms with E-state index in [1.54, 1.807) is 6.08 Å². The topological polar surface area (TPSA) is 54.5 Å². The second kappa shape index (κ2) is 7.33. The van der Waals surface area contributed by atoms with Gasteiger partial charge in [-0.05, 0) is 59.8 Å². The van der Waals surface area contributed by atoms with E-state index in [9.17, 15) is 18.8 Å². The summed E-state index contributed by atoms with van der Waals surface area (Å²) in [6.07, 6.45) is 1.61. The molecule has 0 bridgehead atoms. The van der Waals surface area contributed by atoms with Crippen molar-refractivity contribution in [1.29, 1.82) is 0 Å². The van der Waals surface area contributed by atoms with Crippen molar-refractivity contribution in [2.24, 2.45) is 0 Å². The molecule has 1 fully saturated rings. The van der Waals surface area contributed by atoms with Crippen LogP contribution in [0.4, 0.5) is 9.18 Å². The molecule has 0 spiro atoms. The first kappa shape index (κ1) is 17.6. The molecular formula is C18H11BrFNO3S. The molecule has 0 atom stereocenters. The highest BCUT2D eigenvalue weighted by molar-refractivity contribution is 9.10. The Kier molecular flexibility index (Phi) is 5.15. The van der Waals surface area contributed by atoms with Gasteiger partial charge in [-0.3, -0.25) is 19.3 Å². The highest BCUT2D eigenvalue weighted by Gasteiger charge is 2.36. The van der Waals surface area contributed by atoms with E-state index in [1.807, 2.05) is 24.3 Å². The molecule has 2 amide bonds. The summed E-state index contributed by atoms with van der Waals surface area (Å²) in [5, 5.41) is -0.498. The van der Waals surface area contributed by atoms with Gasteiger partial charge in [-0.2, -0.15) is 0 Å². The van der Waals surface area contributed by atoms with Gasteiger partial charge < -0.3 is 0 Å². The Balaban J connectivity index is 1.77. The third-order valence-corrected chi connectivity index (χ3v) is 4.89. The first-order valence-electron chi connectivity index (χ1n) is 7.24. The number of halogens is 2. The lowest BCUT2D eigenvalue weighted by Crippen LogP contribution is -2.33. The molecule has 7 heteroatoms. The third-order valence-electron chi connectivity index (χ3n) is 3.49. The Bertz CT molecular complexity index is 895. The van der Waals surface area contributed by atoms with Gasteiger partial charge in [0, 0.05) is 10.0 Å². The Labute approximate surface area is 155 Å². The molecule has 126 valence electrons. The van der Waals surface area contributed by atoms with Crippen molar-refractivity contribution >= 4 is 50.7 Å². The van der Waals surface area contributed by atoms with Crippen molar-refractivity contribution in [3.8, 4) is 0 Å². The summed E-state index contributed by atoms with van der Waals surface area (Å²) < 4.78 is 13.8. The molecule has 2 aromatic rings. The van der Waals surface area contributed by atoms with Gasteiger partial charge in [0.15, 0.2) is 5.78 Å². The summed E-state index contributed by atoms with van der Waals surface area (Å²) in [5.74, 6) is -1.39. The molecule has 0 saturated carbocycles. The van der Waals surface area contributed by atoms with Crippen LogP contribution in [0.2, 0.25) is 0 Å². The molecule has 1 aliphatic rings. The Morgan fingerprint density at radius 3 is 2.56 bits per heavy atom.